The van der Waals surface area contributed by atoms with Crippen molar-refractivity contribution in [3.8, 4) is 0 Å². The molecule has 172 valence electrons. The summed E-state index contributed by atoms with van der Waals surface area (Å²) < 4.78 is 4.67. The van der Waals surface area contributed by atoms with Gasteiger partial charge in [0, 0.05) is 23.9 Å². The van der Waals surface area contributed by atoms with Crippen molar-refractivity contribution in [1.82, 2.24) is 5.32 Å². The third kappa shape index (κ3) is 6.64. The monoisotopic (exact) mass is 457 g/mol. The number of methoxy groups -OCH3 is 1. The minimum absolute atomic E-state index is 0.0270. The molecule has 3 rings (SSSR count). The van der Waals surface area contributed by atoms with Gasteiger partial charge in [0.1, 0.15) is 5.70 Å². The Balaban J connectivity index is 1.80. The highest BCUT2D eigenvalue weighted by atomic mass is 16.5. The van der Waals surface area contributed by atoms with Crippen LogP contribution < -0.4 is 16.0 Å². The molecule has 0 aliphatic rings. The number of rotatable bonds is 7. The van der Waals surface area contributed by atoms with Crippen LogP contribution in [0.2, 0.25) is 0 Å². The van der Waals surface area contributed by atoms with E-state index in [1.807, 2.05) is 18.2 Å². The van der Waals surface area contributed by atoms with Gasteiger partial charge in [0.25, 0.3) is 11.8 Å². The predicted octanol–water partition coefficient (Wildman–Crippen LogP) is 3.84. The number of hydrogen-bond acceptors (Lipinski definition) is 5. The third-order valence-electron chi connectivity index (χ3n) is 4.63. The quantitative estimate of drug-likeness (QED) is 0.369. The molecule has 0 spiro atoms. The van der Waals surface area contributed by atoms with Crippen molar-refractivity contribution < 1.29 is 23.9 Å². The number of amides is 3. The molecule has 3 aromatic rings. The van der Waals surface area contributed by atoms with Gasteiger partial charge in [-0.25, -0.2) is 4.79 Å². The van der Waals surface area contributed by atoms with Gasteiger partial charge in [0.05, 0.1) is 12.7 Å². The van der Waals surface area contributed by atoms with Crippen molar-refractivity contribution in [2.24, 2.45) is 0 Å². The molecule has 0 heterocycles. The Morgan fingerprint density at radius 2 is 1.29 bits per heavy atom. The average Bonchev–Trinajstić information content (AvgIpc) is 2.84. The molecule has 0 aliphatic carbocycles. The Morgan fingerprint density at radius 1 is 0.735 bits per heavy atom. The van der Waals surface area contributed by atoms with E-state index in [2.05, 4.69) is 20.7 Å². The highest BCUT2D eigenvalue weighted by Crippen LogP contribution is 2.14. The Bertz CT molecular complexity index is 1220. The lowest BCUT2D eigenvalue weighted by Gasteiger charge is -2.12. The Hall–Kier alpha value is -4.72. The minimum Gasteiger partial charge on any atom is -0.465 e. The topological polar surface area (TPSA) is 114 Å². The van der Waals surface area contributed by atoms with Crippen LogP contribution in [-0.2, 0) is 14.3 Å². The van der Waals surface area contributed by atoms with Crippen molar-refractivity contribution in [3.63, 3.8) is 0 Å². The van der Waals surface area contributed by atoms with Gasteiger partial charge in [-0.2, -0.15) is 0 Å². The van der Waals surface area contributed by atoms with Crippen LogP contribution in [0.4, 0.5) is 11.4 Å². The molecule has 3 N–H and O–H groups in total. The van der Waals surface area contributed by atoms with E-state index in [1.165, 1.54) is 26.2 Å². The highest BCUT2D eigenvalue weighted by Gasteiger charge is 2.16. The van der Waals surface area contributed by atoms with Gasteiger partial charge >= 0.3 is 5.97 Å². The van der Waals surface area contributed by atoms with E-state index in [0.717, 1.165) is 5.56 Å². The summed E-state index contributed by atoms with van der Waals surface area (Å²) in [6.45, 7) is 1.39. The summed E-state index contributed by atoms with van der Waals surface area (Å²) in [5.74, 6) is -1.74. The standard InChI is InChI=1S/C26H23N3O5/c1-17(30)27-21-12-8-19(9-13-21)24(31)29-23(16-18-6-4-3-5-7-18)25(32)28-22-14-10-20(11-15-22)26(33)34-2/h3-16H,1-2H3,(H,27,30)(H,28,32)(H,29,31)/b23-16+. The second kappa shape index (κ2) is 11.2. The highest BCUT2D eigenvalue weighted by molar-refractivity contribution is 6.10. The van der Waals surface area contributed by atoms with Crippen LogP contribution in [0, 0.1) is 0 Å². The van der Waals surface area contributed by atoms with E-state index in [1.54, 1.807) is 54.6 Å². The van der Waals surface area contributed by atoms with E-state index in [-0.39, 0.29) is 11.6 Å². The summed E-state index contributed by atoms with van der Waals surface area (Å²) in [7, 11) is 1.29. The average molecular weight is 457 g/mol. The van der Waals surface area contributed by atoms with Crippen LogP contribution in [0.3, 0.4) is 0 Å². The Labute approximate surface area is 196 Å². The van der Waals surface area contributed by atoms with Crippen molar-refractivity contribution in [2.45, 2.75) is 6.92 Å². The number of esters is 1. The number of anilines is 2. The summed E-state index contributed by atoms with van der Waals surface area (Å²) in [6.07, 6.45) is 1.56. The number of ether oxygens (including phenoxy) is 1. The summed E-state index contributed by atoms with van der Waals surface area (Å²) in [6, 6.07) is 21.5. The van der Waals surface area contributed by atoms with Crippen molar-refractivity contribution in [3.05, 3.63) is 101 Å². The zero-order valence-corrected chi connectivity index (χ0v) is 18.6. The molecule has 34 heavy (non-hydrogen) atoms. The number of benzene rings is 3. The van der Waals surface area contributed by atoms with Gasteiger partial charge in [0.2, 0.25) is 5.91 Å². The van der Waals surface area contributed by atoms with Crippen LogP contribution in [-0.4, -0.2) is 30.8 Å². The van der Waals surface area contributed by atoms with Crippen LogP contribution in [0.25, 0.3) is 6.08 Å². The third-order valence-corrected chi connectivity index (χ3v) is 4.63. The normalized spacial score (nSPS) is 10.7. The lowest BCUT2D eigenvalue weighted by Crippen LogP contribution is -2.30. The lowest BCUT2D eigenvalue weighted by atomic mass is 10.1. The molecular formula is C26H23N3O5. The summed E-state index contributed by atoms with van der Waals surface area (Å²) >= 11 is 0. The molecule has 0 aromatic heterocycles. The summed E-state index contributed by atoms with van der Waals surface area (Å²) in [5.41, 5.74) is 2.39. The second-order valence-corrected chi connectivity index (χ2v) is 7.20. The fourth-order valence-electron chi connectivity index (χ4n) is 2.98. The Morgan fingerprint density at radius 3 is 1.85 bits per heavy atom. The van der Waals surface area contributed by atoms with Crippen LogP contribution in [0.15, 0.2) is 84.6 Å². The largest absolute Gasteiger partial charge is 0.465 e. The first kappa shape index (κ1) is 23.9. The van der Waals surface area contributed by atoms with Crippen molar-refractivity contribution in [1.29, 1.82) is 0 Å². The molecule has 0 atom stereocenters. The maximum absolute atomic E-state index is 13.0. The predicted molar refractivity (Wildman–Crippen MR) is 129 cm³/mol. The maximum atomic E-state index is 13.0. The molecule has 0 radical (unpaired) electrons. The molecule has 8 heteroatoms. The number of hydrogen-bond donors (Lipinski definition) is 3. The maximum Gasteiger partial charge on any atom is 0.337 e. The van der Waals surface area contributed by atoms with E-state index in [9.17, 15) is 19.2 Å². The zero-order valence-electron chi connectivity index (χ0n) is 18.6. The SMILES string of the molecule is COC(=O)c1ccc(NC(=O)/C(=C\c2ccccc2)NC(=O)c2ccc(NC(C)=O)cc2)cc1. The molecule has 0 saturated carbocycles. The molecule has 0 saturated heterocycles. The van der Waals surface area contributed by atoms with Crippen LogP contribution >= 0.6 is 0 Å². The fourth-order valence-corrected chi connectivity index (χ4v) is 2.98. The molecular weight excluding hydrogens is 434 g/mol. The molecule has 0 fully saturated rings. The molecule has 8 nitrogen and oxygen atoms in total. The molecule has 0 unspecified atom stereocenters. The lowest BCUT2D eigenvalue weighted by molar-refractivity contribution is -0.114. The molecule has 0 aliphatic heterocycles. The smallest absolute Gasteiger partial charge is 0.337 e. The second-order valence-electron chi connectivity index (χ2n) is 7.20. The number of carbonyl (C=O) groups excluding carboxylic acids is 4. The zero-order chi connectivity index (χ0) is 24.5. The number of nitrogens with one attached hydrogen (secondary N) is 3. The van der Waals surface area contributed by atoms with E-state index in [4.69, 9.17) is 0 Å². The molecule has 0 bridgehead atoms. The van der Waals surface area contributed by atoms with Gasteiger partial charge in [0.15, 0.2) is 0 Å². The first-order valence-electron chi connectivity index (χ1n) is 10.3. The Kier molecular flexibility index (Phi) is 7.91. The van der Waals surface area contributed by atoms with Gasteiger partial charge < -0.3 is 20.7 Å². The van der Waals surface area contributed by atoms with Crippen LogP contribution in [0.5, 0.6) is 0 Å². The van der Waals surface area contributed by atoms with Gasteiger partial charge in [-0.3, -0.25) is 14.4 Å². The van der Waals surface area contributed by atoms with Gasteiger partial charge in [-0.15, -0.1) is 0 Å². The van der Waals surface area contributed by atoms with E-state index < -0.39 is 17.8 Å². The first-order valence-corrected chi connectivity index (χ1v) is 10.3. The van der Waals surface area contributed by atoms with E-state index in [0.29, 0.717) is 22.5 Å². The van der Waals surface area contributed by atoms with Crippen molar-refractivity contribution >= 4 is 41.1 Å². The van der Waals surface area contributed by atoms with Crippen LogP contribution in [0.1, 0.15) is 33.2 Å². The fraction of sp³-hybridized carbons (Fsp3) is 0.0769. The first-order chi connectivity index (χ1) is 16.4. The van der Waals surface area contributed by atoms with Gasteiger partial charge in [-0.05, 0) is 60.2 Å². The van der Waals surface area contributed by atoms with E-state index >= 15 is 0 Å². The van der Waals surface area contributed by atoms with Crippen molar-refractivity contribution in [2.75, 3.05) is 17.7 Å². The summed E-state index contributed by atoms with van der Waals surface area (Å²) in [4.78, 5) is 48.6. The molecule has 3 aromatic carbocycles. The summed E-state index contributed by atoms with van der Waals surface area (Å²) in [5, 5.41) is 7.99. The minimum atomic E-state index is -0.544. The van der Waals surface area contributed by atoms with Gasteiger partial charge in [-0.1, -0.05) is 30.3 Å². The molecule has 3 amide bonds. The number of carbonyl (C=O) groups is 4.